The third-order valence-corrected chi connectivity index (χ3v) is 3.63. The van der Waals surface area contributed by atoms with Gasteiger partial charge in [-0.1, -0.05) is 6.07 Å². The van der Waals surface area contributed by atoms with Gasteiger partial charge in [-0.3, -0.25) is 9.48 Å². The number of nitrogens with zero attached hydrogens (tertiary/aromatic N) is 2. The molecular weight excluding hydrogens is 299 g/mol. The lowest BCUT2D eigenvalue weighted by molar-refractivity contribution is -0.123. The third kappa shape index (κ3) is 3.68. The second-order valence-electron chi connectivity index (χ2n) is 5.26. The second kappa shape index (κ2) is 7.23. The Morgan fingerprint density at radius 3 is 2.74 bits per heavy atom. The van der Waals surface area contributed by atoms with Crippen molar-refractivity contribution in [3.8, 4) is 5.75 Å². The Bertz CT molecular complexity index is 686. The molecule has 2 atom stereocenters. The maximum Gasteiger partial charge on any atom is 0.242 e. The van der Waals surface area contributed by atoms with Crippen molar-refractivity contribution in [3.05, 3.63) is 47.5 Å². The van der Waals surface area contributed by atoms with Gasteiger partial charge in [0.2, 0.25) is 5.91 Å². The van der Waals surface area contributed by atoms with Gasteiger partial charge in [-0.05, 0) is 26.1 Å². The Morgan fingerprint density at radius 1 is 1.43 bits per heavy atom. The zero-order valence-electron chi connectivity index (χ0n) is 13.6. The van der Waals surface area contributed by atoms with Crippen LogP contribution in [0, 0.1) is 5.82 Å². The summed E-state index contributed by atoms with van der Waals surface area (Å²) in [5.74, 6) is -0.280. The average molecular weight is 320 g/mol. The van der Waals surface area contributed by atoms with Crippen LogP contribution in [0.3, 0.4) is 0 Å². The fourth-order valence-electron chi connectivity index (χ4n) is 2.52. The molecule has 0 aliphatic heterocycles. The SMILES string of the molecule is CNC(C(=O)NC(C)c1c(F)cccc1OC)c1cnn(C)c1. The molecule has 1 aromatic heterocycles. The number of hydrogen-bond donors (Lipinski definition) is 2. The molecule has 0 aliphatic carbocycles. The van der Waals surface area contributed by atoms with E-state index in [0.717, 1.165) is 5.56 Å². The zero-order chi connectivity index (χ0) is 17.0. The van der Waals surface area contributed by atoms with Crippen LogP contribution in [0.4, 0.5) is 4.39 Å². The van der Waals surface area contributed by atoms with Crippen LogP contribution in [-0.2, 0) is 11.8 Å². The molecular formula is C16H21FN4O2. The molecule has 0 saturated heterocycles. The van der Waals surface area contributed by atoms with Gasteiger partial charge in [-0.25, -0.2) is 4.39 Å². The molecule has 0 aliphatic rings. The van der Waals surface area contributed by atoms with E-state index in [0.29, 0.717) is 11.3 Å². The average Bonchev–Trinajstić information content (AvgIpc) is 2.93. The number of aryl methyl sites for hydroxylation is 1. The highest BCUT2D eigenvalue weighted by Gasteiger charge is 2.24. The summed E-state index contributed by atoms with van der Waals surface area (Å²) < 4.78 is 20.9. The first-order valence-electron chi connectivity index (χ1n) is 7.26. The van der Waals surface area contributed by atoms with Crippen molar-refractivity contribution in [1.82, 2.24) is 20.4 Å². The Morgan fingerprint density at radius 2 is 2.17 bits per heavy atom. The molecule has 0 saturated carbocycles. The molecule has 2 unspecified atom stereocenters. The van der Waals surface area contributed by atoms with E-state index in [2.05, 4.69) is 15.7 Å². The first-order chi connectivity index (χ1) is 11.0. The summed E-state index contributed by atoms with van der Waals surface area (Å²) in [6.45, 7) is 1.72. The first-order valence-corrected chi connectivity index (χ1v) is 7.26. The van der Waals surface area contributed by atoms with E-state index in [-0.39, 0.29) is 5.91 Å². The van der Waals surface area contributed by atoms with Gasteiger partial charge >= 0.3 is 0 Å². The smallest absolute Gasteiger partial charge is 0.242 e. The van der Waals surface area contributed by atoms with E-state index in [4.69, 9.17) is 4.74 Å². The quantitative estimate of drug-likeness (QED) is 0.850. The molecule has 6 nitrogen and oxygen atoms in total. The van der Waals surface area contributed by atoms with Crippen molar-refractivity contribution < 1.29 is 13.9 Å². The topological polar surface area (TPSA) is 68.2 Å². The molecule has 1 aromatic carbocycles. The predicted octanol–water partition coefficient (Wildman–Crippen LogP) is 1.71. The molecule has 2 aromatic rings. The van der Waals surface area contributed by atoms with Crippen molar-refractivity contribution in [2.24, 2.45) is 7.05 Å². The van der Waals surface area contributed by atoms with Crippen molar-refractivity contribution in [2.75, 3.05) is 14.2 Å². The minimum absolute atomic E-state index is 0.265. The van der Waals surface area contributed by atoms with E-state index in [1.165, 1.54) is 13.2 Å². The number of benzene rings is 1. The van der Waals surface area contributed by atoms with Crippen molar-refractivity contribution >= 4 is 5.91 Å². The highest BCUT2D eigenvalue weighted by Crippen LogP contribution is 2.28. The molecule has 0 fully saturated rings. The van der Waals surface area contributed by atoms with Crippen LogP contribution in [0.5, 0.6) is 5.75 Å². The summed E-state index contributed by atoms with van der Waals surface area (Å²) in [5, 5.41) is 9.82. The van der Waals surface area contributed by atoms with E-state index in [9.17, 15) is 9.18 Å². The van der Waals surface area contributed by atoms with Crippen LogP contribution in [0.1, 0.15) is 30.1 Å². The number of amides is 1. The summed E-state index contributed by atoms with van der Waals surface area (Å²) in [5.41, 5.74) is 1.06. The summed E-state index contributed by atoms with van der Waals surface area (Å²) in [7, 11) is 4.94. The highest BCUT2D eigenvalue weighted by atomic mass is 19.1. The molecule has 1 amide bonds. The highest BCUT2D eigenvalue weighted by molar-refractivity contribution is 5.83. The number of hydrogen-bond acceptors (Lipinski definition) is 4. The monoisotopic (exact) mass is 320 g/mol. The van der Waals surface area contributed by atoms with Gasteiger partial charge in [-0.15, -0.1) is 0 Å². The molecule has 7 heteroatoms. The number of rotatable bonds is 6. The van der Waals surface area contributed by atoms with Gasteiger partial charge < -0.3 is 15.4 Å². The lowest BCUT2D eigenvalue weighted by Gasteiger charge is -2.21. The molecule has 2 rings (SSSR count). The fourth-order valence-corrected chi connectivity index (χ4v) is 2.52. The van der Waals surface area contributed by atoms with Gasteiger partial charge in [-0.2, -0.15) is 5.10 Å². The van der Waals surface area contributed by atoms with Crippen molar-refractivity contribution in [2.45, 2.75) is 19.0 Å². The number of aromatic nitrogens is 2. The van der Waals surface area contributed by atoms with E-state index in [1.54, 1.807) is 50.2 Å². The maximum absolute atomic E-state index is 14.1. The number of carbonyl (C=O) groups excluding carboxylic acids is 1. The van der Waals surface area contributed by atoms with Crippen LogP contribution in [0.25, 0.3) is 0 Å². The van der Waals surface area contributed by atoms with Crippen LogP contribution in [0.2, 0.25) is 0 Å². The zero-order valence-corrected chi connectivity index (χ0v) is 13.6. The number of ether oxygens (including phenoxy) is 1. The van der Waals surface area contributed by atoms with E-state index < -0.39 is 17.9 Å². The van der Waals surface area contributed by atoms with Crippen LogP contribution in [-0.4, -0.2) is 29.8 Å². The van der Waals surface area contributed by atoms with Crippen molar-refractivity contribution in [3.63, 3.8) is 0 Å². The number of nitrogens with one attached hydrogen (secondary N) is 2. The van der Waals surface area contributed by atoms with Gasteiger partial charge in [0.25, 0.3) is 0 Å². The minimum Gasteiger partial charge on any atom is -0.496 e. The van der Waals surface area contributed by atoms with Crippen LogP contribution in [0.15, 0.2) is 30.6 Å². The standard InChI is InChI=1S/C16H21FN4O2/c1-10(14-12(17)6-5-7-13(14)23-4)20-16(22)15(18-2)11-8-19-21(3)9-11/h5-10,15,18H,1-4H3,(H,20,22). The summed E-state index contributed by atoms with van der Waals surface area (Å²) in [6.07, 6.45) is 3.38. The number of carbonyl (C=O) groups is 1. The molecule has 23 heavy (non-hydrogen) atoms. The van der Waals surface area contributed by atoms with E-state index >= 15 is 0 Å². The lowest BCUT2D eigenvalue weighted by Crippen LogP contribution is -2.37. The second-order valence-corrected chi connectivity index (χ2v) is 5.26. The Balaban J connectivity index is 2.19. The molecule has 0 spiro atoms. The number of halogens is 1. The van der Waals surface area contributed by atoms with Crippen LogP contribution >= 0.6 is 0 Å². The first kappa shape index (κ1) is 17.0. The third-order valence-electron chi connectivity index (χ3n) is 3.63. The number of methoxy groups -OCH3 is 1. The summed E-state index contributed by atoms with van der Waals surface area (Å²) >= 11 is 0. The van der Waals surface area contributed by atoms with Crippen LogP contribution < -0.4 is 15.4 Å². The van der Waals surface area contributed by atoms with Crippen molar-refractivity contribution in [1.29, 1.82) is 0 Å². The summed E-state index contributed by atoms with van der Waals surface area (Å²) in [6, 6.07) is 3.47. The molecule has 0 radical (unpaired) electrons. The van der Waals surface area contributed by atoms with E-state index in [1.807, 2.05) is 0 Å². The largest absolute Gasteiger partial charge is 0.496 e. The van der Waals surface area contributed by atoms with Gasteiger partial charge in [0.1, 0.15) is 17.6 Å². The molecule has 0 bridgehead atoms. The van der Waals surface area contributed by atoms with Gasteiger partial charge in [0.15, 0.2) is 0 Å². The minimum atomic E-state index is -0.566. The molecule has 124 valence electrons. The fraction of sp³-hybridized carbons (Fsp3) is 0.375. The normalized spacial score (nSPS) is 13.4. The number of likely N-dealkylation sites (N-methyl/N-ethyl adjacent to an activating group) is 1. The molecule has 2 N–H and O–H groups in total. The van der Waals surface area contributed by atoms with Gasteiger partial charge in [0, 0.05) is 18.8 Å². The Kier molecular flexibility index (Phi) is 5.33. The Hall–Kier alpha value is -2.41. The summed E-state index contributed by atoms with van der Waals surface area (Å²) in [4.78, 5) is 12.5. The predicted molar refractivity (Wildman–Crippen MR) is 84.5 cm³/mol. The molecule has 1 heterocycles. The lowest BCUT2D eigenvalue weighted by atomic mass is 10.0. The maximum atomic E-state index is 14.1. The Labute approximate surface area is 134 Å². The van der Waals surface area contributed by atoms with Gasteiger partial charge in [0.05, 0.1) is 24.9 Å².